The topological polar surface area (TPSA) is 63.4 Å². The molecule has 2 aromatic rings. The van der Waals surface area contributed by atoms with Crippen molar-refractivity contribution in [3.05, 3.63) is 30.0 Å². The van der Waals surface area contributed by atoms with Gasteiger partial charge in [-0.2, -0.15) is 0 Å². The maximum Gasteiger partial charge on any atom is 0.268 e. The first-order chi connectivity index (χ1) is 10.3. The minimum absolute atomic E-state index is 0.0836. The summed E-state index contributed by atoms with van der Waals surface area (Å²) in [6.45, 7) is 3.97. The Hall–Kier alpha value is -2.01. The first kappa shape index (κ1) is 13.9. The third-order valence-corrected chi connectivity index (χ3v) is 3.64. The Kier molecular flexibility index (Phi) is 4.10. The van der Waals surface area contributed by atoms with E-state index < -0.39 is 0 Å². The highest BCUT2D eigenvalue weighted by Crippen LogP contribution is 2.22. The zero-order chi connectivity index (χ0) is 14.7. The first-order valence-corrected chi connectivity index (χ1v) is 7.40. The van der Waals surface area contributed by atoms with Gasteiger partial charge in [0.1, 0.15) is 11.4 Å². The van der Waals surface area contributed by atoms with Crippen molar-refractivity contribution in [1.29, 1.82) is 0 Å². The minimum Gasteiger partial charge on any atom is -0.494 e. The van der Waals surface area contributed by atoms with Crippen molar-refractivity contribution in [2.45, 2.75) is 25.8 Å². The molecule has 1 aliphatic heterocycles. The third kappa shape index (κ3) is 3.19. The monoisotopic (exact) mass is 288 g/mol. The lowest BCUT2D eigenvalue weighted by Gasteiger charge is -2.22. The zero-order valence-electron chi connectivity index (χ0n) is 12.1. The summed E-state index contributed by atoms with van der Waals surface area (Å²) in [5.41, 5.74) is 1.51. The molecule has 0 radical (unpaired) electrons. The summed E-state index contributed by atoms with van der Waals surface area (Å²) >= 11 is 0. The van der Waals surface area contributed by atoms with Crippen LogP contribution in [0.5, 0.6) is 5.75 Å². The van der Waals surface area contributed by atoms with E-state index in [0.717, 1.165) is 36.1 Å². The van der Waals surface area contributed by atoms with Gasteiger partial charge < -0.3 is 19.8 Å². The molecule has 0 aliphatic carbocycles. The van der Waals surface area contributed by atoms with Crippen LogP contribution in [0.2, 0.25) is 0 Å². The summed E-state index contributed by atoms with van der Waals surface area (Å²) in [5.74, 6) is 0.733. The van der Waals surface area contributed by atoms with Crippen LogP contribution in [0.15, 0.2) is 24.3 Å². The van der Waals surface area contributed by atoms with E-state index in [1.165, 1.54) is 0 Å². The lowest BCUT2D eigenvalue weighted by atomic mass is 10.1. The van der Waals surface area contributed by atoms with Crippen LogP contribution in [0, 0.1) is 0 Å². The van der Waals surface area contributed by atoms with E-state index in [1.54, 1.807) is 0 Å². The number of aromatic amines is 1. The lowest BCUT2D eigenvalue weighted by molar-refractivity contribution is 0.0622. The summed E-state index contributed by atoms with van der Waals surface area (Å²) in [6.07, 6.45) is 1.97. The van der Waals surface area contributed by atoms with Crippen LogP contribution in [0.4, 0.5) is 0 Å². The molecule has 0 unspecified atom stereocenters. The smallest absolute Gasteiger partial charge is 0.268 e. The number of benzene rings is 1. The lowest BCUT2D eigenvalue weighted by Crippen LogP contribution is -2.40. The number of ether oxygens (including phenoxy) is 2. The number of hydrogen-bond donors (Lipinski definition) is 2. The standard InChI is InChI=1S/C16H20N2O3/c1-2-21-13-5-6-14-11(8-13)9-15(18-14)16(19)17-12-4-3-7-20-10-12/h5-6,8-9,12,18H,2-4,7,10H2,1H3,(H,17,19)/t12-/m1/s1. The van der Waals surface area contributed by atoms with Crippen LogP contribution in [0.3, 0.4) is 0 Å². The van der Waals surface area contributed by atoms with Crippen molar-refractivity contribution < 1.29 is 14.3 Å². The average Bonchev–Trinajstić information content (AvgIpc) is 2.92. The molecule has 2 N–H and O–H groups in total. The van der Waals surface area contributed by atoms with Gasteiger partial charge in [0.25, 0.3) is 5.91 Å². The Morgan fingerprint density at radius 1 is 1.48 bits per heavy atom. The van der Waals surface area contributed by atoms with Crippen molar-refractivity contribution in [1.82, 2.24) is 10.3 Å². The Balaban J connectivity index is 1.75. The van der Waals surface area contributed by atoms with E-state index in [9.17, 15) is 4.79 Å². The molecule has 5 nitrogen and oxygen atoms in total. The predicted molar refractivity (Wildman–Crippen MR) is 80.8 cm³/mol. The Bertz CT molecular complexity index is 629. The van der Waals surface area contributed by atoms with E-state index in [0.29, 0.717) is 18.9 Å². The molecule has 21 heavy (non-hydrogen) atoms. The van der Waals surface area contributed by atoms with Gasteiger partial charge in [-0.3, -0.25) is 4.79 Å². The molecule has 0 saturated carbocycles. The fourth-order valence-corrected chi connectivity index (χ4v) is 2.61. The third-order valence-electron chi connectivity index (χ3n) is 3.64. The summed E-state index contributed by atoms with van der Waals surface area (Å²) in [7, 11) is 0. The molecule has 112 valence electrons. The van der Waals surface area contributed by atoms with E-state index in [4.69, 9.17) is 9.47 Å². The highest BCUT2D eigenvalue weighted by atomic mass is 16.5. The van der Waals surface area contributed by atoms with Crippen molar-refractivity contribution in [3.8, 4) is 5.75 Å². The molecule has 3 rings (SSSR count). The van der Waals surface area contributed by atoms with Gasteiger partial charge in [0.05, 0.1) is 19.3 Å². The maximum atomic E-state index is 12.3. The maximum absolute atomic E-state index is 12.3. The van der Waals surface area contributed by atoms with Gasteiger partial charge >= 0.3 is 0 Å². The molecule has 1 saturated heterocycles. The number of carbonyl (C=O) groups is 1. The number of carbonyl (C=O) groups excluding carboxylic acids is 1. The minimum atomic E-state index is -0.0836. The number of nitrogens with one attached hydrogen (secondary N) is 2. The largest absolute Gasteiger partial charge is 0.494 e. The van der Waals surface area contributed by atoms with Crippen molar-refractivity contribution >= 4 is 16.8 Å². The second kappa shape index (κ2) is 6.18. The van der Waals surface area contributed by atoms with Gasteiger partial charge in [0.15, 0.2) is 0 Å². The number of hydrogen-bond acceptors (Lipinski definition) is 3. The zero-order valence-corrected chi connectivity index (χ0v) is 12.1. The molecule has 0 bridgehead atoms. The van der Waals surface area contributed by atoms with Crippen molar-refractivity contribution in [2.75, 3.05) is 19.8 Å². The van der Waals surface area contributed by atoms with Crippen molar-refractivity contribution in [2.24, 2.45) is 0 Å². The SMILES string of the molecule is CCOc1ccc2[nH]c(C(=O)N[C@@H]3CCCOC3)cc2c1. The molecular formula is C16H20N2O3. The summed E-state index contributed by atoms with van der Waals surface area (Å²) in [5, 5.41) is 3.99. The normalized spacial score (nSPS) is 18.6. The van der Waals surface area contributed by atoms with E-state index in [2.05, 4.69) is 10.3 Å². The number of aromatic nitrogens is 1. The van der Waals surface area contributed by atoms with Gasteiger partial charge in [-0.1, -0.05) is 0 Å². The van der Waals surface area contributed by atoms with Crippen LogP contribution in [-0.4, -0.2) is 36.8 Å². The fraction of sp³-hybridized carbons (Fsp3) is 0.438. The highest BCUT2D eigenvalue weighted by molar-refractivity contribution is 5.98. The quantitative estimate of drug-likeness (QED) is 0.908. The van der Waals surface area contributed by atoms with Gasteiger partial charge in [-0.25, -0.2) is 0 Å². The average molecular weight is 288 g/mol. The van der Waals surface area contributed by atoms with E-state index in [1.807, 2.05) is 31.2 Å². The fourth-order valence-electron chi connectivity index (χ4n) is 2.61. The molecule has 0 spiro atoms. The van der Waals surface area contributed by atoms with E-state index >= 15 is 0 Å². The molecule has 1 aromatic carbocycles. The molecule has 1 fully saturated rings. The van der Waals surface area contributed by atoms with Gasteiger partial charge in [0, 0.05) is 17.5 Å². The molecule has 2 heterocycles. The van der Waals surface area contributed by atoms with Crippen LogP contribution in [-0.2, 0) is 4.74 Å². The Morgan fingerprint density at radius 3 is 3.14 bits per heavy atom. The van der Waals surface area contributed by atoms with Crippen LogP contribution >= 0.6 is 0 Å². The molecule has 1 amide bonds. The molecule has 1 aromatic heterocycles. The van der Waals surface area contributed by atoms with Crippen LogP contribution in [0.25, 0.3) is 10.9 Å². The van der Waals surface area contributed by atoms with Crippen LogP contribution < -0.4 is 10.1 Å². The van der Waals surface area contributed by atoms with Crippen molar-refractivity contribution in [3.63, 3.8) is 0 Å². The summed E-state index contributed by atoms with van der Waals surface area (Å²) < 4.78 is 10.9. The number of H-pyrrole nitrogens is 1. The summed E-state index contributed by atoms with van der Waals surface area (Å²) in [6, 6.07) is 7.74. The highest BCUT2D eigenvalue weighted by Gasteiger charge is 2.18. The second-order valence-electron chi connectivity index (χ2n) is 5.25. The number of fused-ring (bicyclic) bond motifs is 1. The Morgan fingerprint density at radius 2 is 2.38 bits per heavy atom. The first-order valence-electron chi connectivity index (χ1n) is 7.40. The van der Waals surface area contributed by atoms with Gasteiger partial charge in [0.2, 0.25) is 0 Å². The molecule has 5 heteroatoms. The van der Waals surface area contributed by atoms with E-state index in [-0.39, 0.29) is 11.9 Å². The predicted octanol–water partition coefficient (Wildman–Crippen LogP) is 2.48. The molecular weight excluding hydrogens is 268 g/mol. The molecule has 1 aliphatic rings. The van der Waals surface area contributed by atoms with Gasteiger partial charge in [-0.15, -0.1) is 0 Å². The summed E-state index contributed by atoms with van der Waals surface area (Å²) in [4.78, 5) is 15.4. The Labute approximate surface area is 123 Å². The number of rotatable bonds is 4. The van der Waals surface area contributed by atoms with Crippen LogP contribution in [0.1, 0.15) is 30.3 Å². The second-order valence-corrected chi connectivity index (χ2v) is 5.25. The number of amides is 1. The molecule has 1 atom stereocenters. The van der Waals surface area contributed by atoms with Gasteiger partial charge in [-0.05, 0) is 44.0 Å².